The first kappa shape index (κ1) is 9.61. The van der Waals surface area contributed by atoms with E-state index in [0.717, 1.165) is 22.9 Å². The number of thiazole rings is 1. The zero-order valence-electron chi connectivity index (χ0n) is 7.69. The van der Waals surface area contributed by atoms with E-state index in [0.29, 0.717) is 6.04 Å². The number of carbonyl (C=O) groups is 1. The highest BCUT2D eigenvalue weighted by Crippen LogP contribution is 2.26. The lowest BCUT2D eigenvalue weighted by atomic mass is 10.2. The summed E-state index contributed by atoms with van der Waals surface area (Å²) in [5.74, 6) is -0.792. The minimum absolute atomic E-state index is 0.0877. The molecule has 0 spiro atoms. The van der Waals surface area contributed by atoms with Crippen molar-refractivity contribution < 1.29 is 9.90 Å². The number of carboxylic acids is 1. The van der Waals surface area contributed by atoms with Crippen molar-refractivity contribution >= 4 is 17.3 Å². The summed E-state index contributed by atoms with van der Waals surface area (Å²) in [4.78, 5) is 15.5. The second-order valence-corrected chi connectivity index (χ2v) is 4.53. The number of hydrogen-bond acceptors (Lipinski definition) is 4. The van der Waals surface area contributed by atoms with Crippen LogP contribution < -0.4 is 5.32 Å². The van der Waals surface area contributed by atoms with Gasteiger partial charge in [-0.2, -0.15) is 0 Å². The molecule has 1 aromatic rings. The van der Waals surface area contributed by atoms with Crippen LogP contribution in [-0.4, -0.2) is 22.6 Å². The van der Waals surface area contributed by atoms with E-state index >= 15 is 0 Å². The topological polar surface area (TPSA) is 62.2 Å². The van der Waals surface area contributed by atoms with E-state index in [-0.39, 0.29) is 6.42 Å². The Labute approximate surface area is 86.0 Å². The average Bonchev–Trinajstić information content (AvgIpc) is 2.69. The summed E-state index contributed by atoms with van der Waals surface area (Å²) in [6, 6.07) is 0.350. The lowest BCUT2D eigenvalue weighted by Gasteiger charge is -2.03. The molecular weight excluding hydrogens is 200 g/mol. The normalized spacial score (nSPS) is 21.3. The van der Waals surface area contributed by atoms with E-state index in [1.165, 1.54) is 17.8 Å². The van der Waals surface area contributed by atoms with Gasteiger partial charge in [0.05, 0.1) is 12.5 Å². The maximum Gasteiger partial charge on any atom is 0.308 e. The average molecular weight is 212 g/mol. The third kappa shape index (κ3) is 2.10. The van der Waals surface area contributed by atoms with Crippen LogP contribution in [0.3, 0.4) is 0 Å². The molecule has 76 valence electrons. The number of rotatable bonds is 3. The number of nitrogens with one attached hydrogen (secondary N) is 1. The molecule has 0 amide bonds. The molecule has 1 aromatic heterocycles. The van der Waals surface area contributed by atoms with Gasteiger partial charge in [0.25, 0.3) is 0 Å². The lowest BCUT2D eigenvalue weighted by molar-refractivity contribution is -0.136. The predicted octanol–water partition coefficient (Wildman–Crippen LogP) is 1.19. The molecule has 1 saturated heterocycles. The minimum atomic E-state index is -0.792. The fourth-order valence-electron chi connectivity index (χ4n) is 1.61. The molecule has 1 aliphatic heterocycles. The van der Waals surface area contributed by atoms with Gasteiger partial charge in [0, 0.05) is 11.1 Å². The Morgan fingerprint density at radius 3 is 3.29 bits per heavy atom. The summed E-state index contributed by atoms with van der Waals surface area (Å²) in [5.41, 5.74) is 0. The quantitative estimate of drug-likeness (QED) is 0.790. The SMILES string of the molecule is O=C(O)Cc1cnc(C2CCCN2)s1. The summed E-state index contributed by atoms with van der Waals surface area (Å²) in [7, 11) is 0. The summed E-state index contributed by atoms with van der Waals surface area (Å²) < 4.78 is 0. The Bertz CT molecular complexity index is 331. The van der Waals surface area contributed by atoms with Gasteiger partial charge in [0.2, 0.25) is 0 Å². The van der Waals surface area contributed by atoms with Gasteiger partial charge in [-0.05, 0) is 19.4 Å². The van der Waals surface area contributed by atoms with Crippen LogP contribution in [0.25, 0.3) is 0 Å². The van der Waals surface area contributed by atoms with Crippen molar-refractivity contribution in [1.82, 2.24) is 10.3 Å². The molecule has 14 heavy (non-hydrogen) atoms. The van der Waals surface area contributed by atoms with Crippen LogP contribution in [0, 0.1) is 0 Å². The Morgan fingerprint density at radius 1 is 1.79 bits per heavy atom. The Morgan fingerprint density at radius 2 is 2.64 bits per heavy atom. The van der Waals surface area contributed by atoms with Crippen LogP contribution in [-0.2, 0) is 11.2 Å². The molecule has 0 aromatic carbocycles. The van der Waals surface area contributed by atoms with Gasteiger partial charge >= 0.3 is 5.97 Å². The van der Waals surface area contributed by atoms with Gasteiger partial charge in [-0.15, -0.1) is 11.3 Å². The third-order valence-corrected chi connectivity index (χ3v) is 3.37. The van der Waals surface area contributed by atoms with Crippen LogP contribution in [0.2, 0.25) is 0 Å². The van der Waals surface area contributed by atoms with Crippen LogP contribution in [0.1, 0.15) is 28.8 Å². The smallest absolute Gasteiger partial charge is 0.308 e. The fourth-order valence-corrected chi connectivity index (χ4v) is 2.63. The summed E-state index contributed by atoms with van der Waals surface area (Å²) in [6.07, 6.45) is 4.05. The van der Waals surface area contributed by atoms with Crippen molar-refractivity contribution in [2.45, 2.75) is 25.3 Å². The van der Waals surface area contributed by atoms with Crippen molar-refractivity contribution in [2.75, 3.05) is 6.54 Å². The highest BCUT2D eigenvalue weighted by molar-refractivity contribution is 7.11. The molecule has 0 aliphatic carbocycles. The largest absolute Gasteiger partial charge is 0.481 e. The molecule has 1 atom stereocenters. The number of nitrogens with zero attached hydrogens (tertiary/aromatic N) is 1. The van der Waals surface area contributed by atoms with E-state index in [9.17, 15) is 4.79 Å². The monoisotopic (exact) mass is 212 g/mol. The second kappa shape index (κ2) is 4.06. The molecule has 2 N–H and O–H groups in total. The Kier molecular flexibility index (Phi) is 2.79. The van der Waals surface area contributed by atoms with Crippen molar-refractivity contribution in [3.8, 4) is 0 Å². The van der Waals surface area contributed by atoms with E-state index < -0.39 is 5.97 Å². The first-order valence-corrected chi connectivity index (χ1v) is 5.47. The molecule has 1 fully saturated rings. The van der Waals surface area contributed by atoms with Crippen molar-refractivity contribution in [2.24, 2.45) is 0 Å². The lowest BCUT2D eigenvalue weighted by Crippen LogP contribution is -2.12. The maximum absolute atomic E-state index is 10.5. The Balaban J connectivity index is 2.05. The fraction of sp³-hybridized carbons (Fsp3) is 0.556. The van der Waals surface area contributed by atoms with E-state index in [1.54, 1.807) is 6.20 Å². The zero-order chi connectivity index (χ0) is 9.97. The van der Waals surface area contributed by atoms with Crippen LogP contribution in [0.4, 0.5) is 0 Å². The molecular formula is C9H12N2O2S. The van der Waals surface area contributed by atoms with Gasteiger partial charge in [0.15, 0.2) is 0 Å². The summed E-state index contributed by atoms with van der Waals surface area (Å²) in [5, 5.41) is 13.0. The molecule has 5 heteroatoms. The second-order valence-electron chi connectivity index (χ2n) is 3.38. The summed E-state index contributed by atoms with van der Waals surface area (Å²) >= 11 is 1.50. The van der Waals surface area contributed by atoms with Gasteiger partial charge in [0.1, 0.15) is 5.01 Å². The molecule has 1 aliphatic rings. The number of hydrogen-bond donors (Lipinski definition) is 2. The minimum Gasteiger partial charge on any atom is -0.481 e. The van der Waals surface area contributed by atoms with Crippen molar-refractivity contribution in [3.05, 3.63) is 16.1 Å². The first-order valence-electron chi connectivity index (χ1n) is 4.65. The number of aliphatic carboxylic acids is 1. The van der Waals surface area contributed by atoms with Crippen LogP contribution >= 0.6 is 11.3 Å². The molecule has 1 unspecified atom stereocenters. The predicted molar refractivity (Wildman–Crippen MR) is 53.4 cm³/mol. The van der Waals surface area contributed by atoms with Crippen LogP contribution in [0.5, 0.6) is 0 Å². The first-order chi connectivity index (χ1) is 6.75. The van der Waals surface area contributed by atoms with E-state index in [1.807, 2.05) is 0 Å². The molecule has 0 saturated carbocycles. The highest BCUT2D eigenvalue weighted by Gasteiger charge is 2.19. The molecule has 0 radical (unpaired) electrons. The van der Waals surface area contributed by atoms with Crippen LogP contribution in [0.15, 0.2) is 6.20 Å². The number of aromatic nitrogens is 1. The molecule has 2 rings (SSSR count). The van der Waals surface area contributed by atoms with Gasteiger partial charge < -0.3 is 10.4 Å². The van der Waals surface area contributed by atoms with Crippen molar-refractivity contribution in [3.63, 3.8) is 0 Å². The molecule has 2 heterocycles. The standard InChI is InChI=1S/C9H12N2O2S/c12-8(13)4-6-5-11-9(14-6)7-2-1-3-10-7/h5,7,10H,1-4H2,(H,12,13). The molecule has 4 nitrogen and oxygen atoms in total. The maximum atomic E-state index is 10.5. The van der Waals surface area contributed by atoms with Crippen molar-refractivity contribution in [1.29, 1.82) is 0 Å². The zero-order valence-corrected chi connectivity index (χ0v) is 8.51. The van der Waals surface area contributed by atoms with Gasteiger partial charge in [-0.1, -0.05) is 0 Å². The van der Waals surface area contributed by atoms with E-state index in [4.69, 9.17) is 5.11 Å². The third-order valence-electron chi connectivity index (χ3n) is 2.26. The Hall–Kier alpha value is -0.940. The summed E-state index contributed by atoms with van der Waals surface area (Å²) in [6.45, 7) is 1.04. The number of carboxylic acid groups (broad SMARTS) is 1. The van der Waals surface area contributed by atoms with E-state index in [2.05, 4.69) is 10.3 Å². The highest BCUT2D eigenvalue weighted by atomic mass is 32.1. The molecule has 0 bridgehead atoms. The van der Waals surface area contributed by atoms with Gasteiger partial charge in [-0.3, -0.25) is 4.79 Å². The van der Waals surface area contributed by atoms with Gasteiger partial charge in [-0.25, -0.2) is 4.98 Å².